The molecule has 1 aliphatic heterocycles. The number of amides is 4. The molecule has 0 unspecified atom stereocenters. The lowest BCUT2D eigenvalue weighted by Gasteiger charge is -2.24. The van der Waals surface area contributed by atoms with Crippen molar-refractivity contribution in [3.63, 3.8) is 0 Å². The SMILES string of the molecule is CC(C)c1ccc(NC(=O)N2CCC[C@@H]2C(=O)Nc2ccc(-c3ccc(C(N)=O)cc3)cc2)cc1. The summed E-state index contributed by atoms with van der Waals surface area (Å²) in [5.41, 5.74) is 10.2. The van der Waals surface area contributed by atoms with Crippen LogP contribution in [0.4, 0.5) is 16.2 Å². The highest BCUT2D eigenvalue weighted by Gasteiger charge is 2.34. The van der Waals surface area contributed by atoms with Crippen LogP contribution in [0.5, 0.6) is 0 Å². The summed E-state index contributed by atoms with van der Waals surface area (Å²) < 4.78 is 0. The van der Waals surface area contributed by atoms with Gasteiger partial charge in [0.15, 0.2) is 0 Å². The summed E-state index contributed by atoms with van der Waals surface area (Å²) in [5, 5.41) is 5.85. The van der Waals surface area contributed by atoms with Crippen LogP contribution in [0.1, 0.15) is 48.5 Å². The van der Waals surface area contributed by atoms with Gasteiger partial charge in [-0.25, -0.2) is 4.79 Å². The molecule has 4 amide bonds. The number of rotatable bonds is 6. The highest BCUT2D eigenvalue weighted by Crippen LogP contribution is 2.24. The first-order valence-corrected chi connectivity index (χ1v) is 11.8. The number of benzene rings is 3. The van der Waals surface area contributed by atoms with E-state index in [4.69, 9.17) is 5.73 Å². The smallest absolute Gasteiger partial charge is 0.322 e. The molecule has 4 rings (SSSR count). The number of hydrogen-bond acceptors (Lipinski definition) is 3. The Morgan fingerprint density at radius 2 is 1.37 bits per heavy atom. The first-order valence-electron chi connectivity index (χ1n) is 11.8. The second-order valence-corrected chi connectivity index (χ2v) is 9.07. The summed E-state index contributed by atoms with van der Waals surface area (Å²) in [5.74, 6) is -0.248. The van der Waals surface area contributed by atoms with Crippen LogP contribution >= 0.6 is 0 Å². The lowest BCUT2D eigenvalue weighted by molar-refractivity contribution is -0.119. The third kappa shape index (κ3) is 5.69. The van der Waals surface area contributed by atoms with Gasteiger partial charge in [-0.3, -0.25) is 9.59 Å². The van der Waals surface area contributed by atoms with Crippen molar-refractivity contribution in [1.29, 1.82) is 0 Å². The molecule has 1 fully saturated rings. The van der Waals surface area contributed by atoms with Crippen LogP contribution in [0, 0.1) is 0 Å². The van der Waals surface area contributed by atoms with E-state index in [1.54, 1.807) is 17.0 Å². The lowest BCUT2D eigenvalue weighted by Crippen LogP contribution is -2.45. The van der Waals surface area contributed by atoms with E-state index in [2.05, 4.69) is 24.5 Å². The van der Waals surface area contributed by atoms with Gasteiger partial charge in [0, 0.05) is 23.5 Å². The zero-order valence-corrected chi connectivity index (χ0v) is 20.0. The monoisotopic (exact) mass is 470 g/mol. The summed E-state index contributed by atoms with van der Waals surface area (Å²) in [6, 6.07) is 21.5. The number of nitrogens with zero attached hydrogens (tertiary/aromatic N) is 1. The van der Waals surface area contributed by atoms with Gasteiger partial charge in [0.25, 0.3) is 0 Å². The number of nitrogens with one attached hydrogen (secondary N) is 2. The van der Waals surface area contributed by atoms with Crippen molar-refractivity contribution in [2.45, 2.75) is 38.6 Å². The molecule has 7 nitrogen and oxygen atoms in total. The van der Waals surface area contributed by atoms with Crippen molar-refractivity contribution in [3.8, 4) is 11.1 Å². The maximum absolute atomic E-state index is 13.0. The fraction of sp³-hybridized carbons (Fsp3) is 0.250. The van der Waals surface area contributed by atoms with Gasteiger partial charge >= 0.3 is 6.03 Å². The molecule has 1 saturated heterocycles. The largest absolute Gasteiger partial charge is 0.366 e. The van der Waals surface area contributed by atoms with Gasteiger partial charge in [-0.15, -0.1) is 0 Å². The molecule has 35 heavy (non-hydrogen) atoms. The Labute approximate surface area is 205 Å². The fourth-order valence-corrected chi connectivity index (χ4v) is 4.23. The minimum absolute atomic E-state index is 0.202. The van der Waals surface area contributed by atoms with Crippen LogP contribution in [-0.2, 0) is 4.79 Å². The molecule has 1 heterocycles. The Balaban J connectivity index is 1.37. The summed E-state index contributed by atoms with van der Waals surface area (Å²) >= 11 is 0. The Morgan fingerprint density at radius 3 is 1.94 bits per heavy atom. The number of anilines is 2. The highest BCUT2D eigenvalue weighted by molar-refractivity contribution is 5.99. The number of carbonyl (C=O) groups is 3. The molecule has 1 atom stereocenters. The van der Waals surface area contributed by atoms with Gasteiger partial charge in [-0.2, -0.15) is 0 Å². The van der Waals surface area contributed by atoms with Gasteiger partial charge in [-0.1, -0.05) is 50.2 Å². The third-order valence-electron chi connectivity index (χ3n) is 6.30. The standard InChI is InChI=1S/C28H30N4O3/c1-18(2)19-9-13-24(14-10-19)31-28(35)32-17-3-4-25(32)27(34)30-23-15-11-21(12-16-23)20-5-7-22(8-6-20)26(29)33/h5-16,18,25H,3-4,17H2,1-2H3,(H2,29,33)(H,30,34)(H,31,35)/t25-/m1/s1. The van der Waals surface area contributed by atoms with E-state index < -0.39 is 11.9 Å². The van der Waals surface area contributed by atoms with E-state index in [1.165, 1.54) is 5.56 Å². The Bertz CT molecular complexity index is 1200. The zero-order chi connectivity index (χ0) is 24.9. The quantitative estimate of drug-likeness (QED) is 0.460. The molecule has 0 bridgehead atoms. The molecule has 4 N–H and O–H groups in total. The van der Waals surface area contributed by atoms with Gasteiger partial charge in [0.1, 0.15) is 6.04 Å². The molecular weight excluding hydrogens is 440 g/mol. The van der Waals surface area contributed by atoms with Crippen molar-refractivity contribution in [2.75, 3.05) is 17.2 Å². The van der Waals surface area contributed by atoms with Gasteiger partial charge in [0.05, 0.1) is 0 Å². The number of carbonyl (C=O) groups excluding carboxylic acids is 3. The summed E-state index contributed by atoms with van der Waals surface area (Å²) in [4.78, 5) is 38.7. The fourth-order valence-electron chi connectivity index (χ4n) is 4.23. The minimum atomic E-state index is -0.522. The molecule has 0 spiro atoms. The maximum Gasteiger partial charge on any atom is 0.322 e. The summed E-state index contributed by atoms with van der Waals surface area (Å²) in [7, 11) is 0. The molecule has 1 aliphatic rings. The number of likely N-dealkylation sites (tertiary alicyclic amines) is 1. The maximum atomic E-state index is 13.0. The van der Waals surface area contributed by atoms with Crippen molar-refractivity contribution < 1.29 is 14.4 Å². The van der Waals surface area contributed by atoms with Crippen LogP contribution in [0.2, 0.25) is 0 Å². The molecule has 3 aromatic rings. The normalized spacial score (nSPS) is 15.2. The van der Waals surface area contributed by atoms with E-state index in [9.17, 15) is 14.4 Å². The van der Waals surface area contributed by atoms with Gasteiger partial charge < -0.3 is 21.3 Å². The van der Waals surface area contributed by atoms with Gasteiger partial charge in [0.2, 0.25) is 11.8 Å². The molecule has 0 aromatic heterocycles. The van der Waals surface area contributed by atoms with E-state index in [1.807, 2.05) is 60.7 Å². The molecule has 180 valence electrons. The molecule has 0 radical (unpaired) electrons. The first-order chi connectivity index (χ1) is 16.8. The predicted molar refractivity (Wildman–Crippen MR) is 138 cm³/mol. The topological polar surface area (TPSA) is 105 Å². The molecule has 7 heteroatoms. The lowest BCUT2D eigenvalue weighted by atomic mass is 10.0. The molecular formula is C28H30N4O3. The second kappa shape index (κ2) is 10.4. The Morgan fingerprint density at radius 1 is 0.829 bits per heavy atom. The average Bonchev–Trinajstić information content (AvgIpc) is 3.35. The average molecular weight is 471 g/mol. The van der Waals surface area contributed by atoms with E-state index in [0.29, 0.717) is 35.8 Å². The van der Waals surface area contributed by atoms with Crippen LogP contribution < -0.4 is 16.4 Å². The Hall–Kier alpha value is -4.13. The Kier molecular flexibility index (Phi) is 7.15. The number of urea groups is 1. The predicted octanol–water partition coefficient (Wildman–Crippen LogP) is 5.21. The third-order valence-corrected chi connectivity index (χ3v) is 6.30. The summed E-state index contributed by atoms with van der Waals surface area (Å²) in [6.07, 6.45) is 1.40. The van der Waals surface area contributed by atoms with Crippen LogP contribution in [-0.4, -0.2) is 35.3 Å². The van der Waals surface area contributed by atoms with Crippen molar-refractivity contribution in [2.24, 2.45) is 5.73 Å². The number of hydrogen-bond donors (Lipinski definition) is 3. The van der Waals surface area contributed by atoms with Gasteiger partial charge in [-0.05, 0) is 71.8 Å². The van der Waals surface area contributed by atoms with E-state index in [0.717, 1.165) is 17.5 Å². The molecule has 0 saturated carbocycles. The minimum Gasteiger partial charge on any atom is -0.366 e. The van der Waals surface area contributed by atoms with Crippen LogP contribution in [0.15, 0.2) is 72.8 Å². The highest BCUT2D eigenvalue weighted by atomic mass is 16.2. The van der Waals surface area contributed by atoms with Crippen LogP contribution in [0.3, 0.4) is 0 Å². The van der Waals surface area contributed by atoms with Crippen LogP contribution in [0.25, 0.3) is 11.1 Å². The first kappa shape index (κ1) is 24.0. The number of primary amides is 1. The van der Waals surface area contributed by atoms with E-state index >= 15 is 0 Å². The van der Waals surface area contributed by atoms with Crippen molar-refractivity contribution in [1.82, 2.24) is 4.90 Å². The zero-order valence-electron chi connectivity index (χ0n) is 20.0. The molecule has 0 aliphatic carbocycles. The van der Waals surface area contributed by atoms with Crippen molar-refractivity contribution >= 4 is 29.2 Å². The van der Waals surface area contributed by atoms with Crippen molar-refractivity contribution in [3.05, 3.63) is 83.9 Å². The van der Waals surface area contributed by atoms with E-state index in [-0.39, 0.29) is 11.9 Å². The summed E-state index contributed by atoms with van der Waals surface area (Å²) in [6.45, 7) is 4.78. The second-order valence-electron chi connectivity index (χ2n) is 9.07. The number of nitrogens with two attached hydrogens (primary N) is 1. The molecule has 3 aromatic carbocycles.